The first kappa shape index (κ1) is 11.9. The van der Waals surface area contributed by atoms with Crippen LogP contribution in [0.3, 0.4) is 0 Å². The molecular formula is C11H12N4O3. The van der Waals surface area contributed by atoms with Crippen LogP contribution in [0.15, 0.2) is 29.1 Å². The Bertz CT molecular complexity index is 539. The van der Waals surface area contributed by atoms with Crippen molar-refractivity contribution in [3.63, 3.8) is 0 Å². The molecule has 3 N–H and O–H groups in total. The number of methoxy groups -OCH3 is 1. The van der Waals surface area contributed by atoms with E-state index in [0.29, 0.717) is 22.8 Å². The number of para-hydroxylation sites is 1. The minimum Gasteiger partial charge on any atom is -0.495 e. The minimum absolute atomic E-state index is 0.173. The molecule has 1 aromatic carbocycles. The van der Waals surface area contributed by atoms with Crippen LogP contribution in [0.2, 0.25) is 0 Å². The monoisotopic (exact) mass is 248 g/mol. The number of rotatable bonds is 4. The highest BCUT2D eigenvalue weighted by Gasteiger charge is 2.13. The lowest BCUT2D eigenvalue weighted by atomic mass is 10.1. The Morgan fingerprint density at radius 3 is 3.06 bits per heavy atom. The normalized spacial score (nSPS) is 10.1. The van der Waals surface area contributed by atoms with E-state index in [-0.39, 0.29) is 12.5 Å². The van der Waals surface area contributed by atoms with Gasteiger partial charge in [0.15, 0.2) is 5.82 Å². The fourth-order valence-electron chi connectivity index (χ4n) is 1.44. The first-order chi connectivity index (χ1) is 8.72. The summed E-state index contributed by atoms with van der Waals surface area (Å²) in [6.45, 7) is 0.173. The molecule has 0 saturated carbocycles. The number of anilines is 1. The molecule has 2 aromatic rings. The van der Waals surface area contributed by atoms with E-state index in [1.54, 1.807) is 18.2 Å². The third-order valence-electron chi connectivity index (χ3n) is 2.34. The van der Waals surface area contributed by atoms with Crippen LogP contribution in [-0.4, -0.2) is 23.2 Å². The zero-order chi connectivity index (χ0) is 13.0. The summed E-state index contributed by atoms with van der Waals surface area (Å²) < 4.78 is 9.60. The third kappa shape index (κ3) is 2.40. The van der Waals surface area contributed by atoms with Gasteiger partial charge in [0.1, 0.15) is 5.75 Å². The van der Waals surface area contributed by atoms with Crippen LogP contribution in [0.1, 0.15) is 16.2 Å². The van der Waals surface area contributed by atoms with E-state index in [2.05, 4.69) is 20.0 Å². The molecule has 2 rings (SSSR count). The molecule has 0 bridgehead atoms. The van der Waals surface area contributed by atoms with Gasteiger partial charge in [-0.2, -0.15) is 4.98 Å². The van der Waals surface area contributed by atoms with Crippen molar-refractivity contribution in [1.82, 2.24) is 15.5 Å². The number of nitrogens with two attached hydrogens (primary N) is 1. The highest BCUT2D eigenvalue weighted by molar-refractivity contribution is 6.00. The van der Waals surface area contributed by atoms with Gasteiger partial charge in [-0.25, -0.2) is 0 Å². The summed E-state index contributed by atoms with van der Waals surface area (Å²) in [6.07, 6.45) is 1.20. The zero-order valence-electron chi connectivity index (χ0n) is 9.71. The van der Waals surface area contributed by atoms with Gasteiger partial charge in [-0.3, -0.25) is 4.79 Å². The van der Waals surface area contributed by atoms with Gasteiger partial charge < -0.3 is 20.3 Å². The number of carbonyl (C=O) groups is 1. The first-order valence-electron chi connectivity index (χ1n) is 5.18. The van der Waals surface area contributed by atoms with Crippen LogP contribution in [0.25, 0.3) is 0 Å². The van der Waals surface area contributed by atoms with Gasteiger partial charge in [0.25, 0.3) is 5.91 Å². The minimum atomic E-state index is -0.323. The van der Waals surface area contributed by atoms with Crippen molar-refractivity contribution >= 4 is 11.6 Å². The van der Waals surface area contributed by atoms with Crippen LogP contribution in [-0.2, 0) is 6.54 Å². The molecule has 0 fully saturated rings. The lowest BCUT2D eigenvalue weighted by Gasteiger charge is -2.09. The van der Waals surface area contributed by atoms with Gasteiger partial charge in [-0.05, 0) is 12.1 Å². The van der Waals surface area contributed by atoms with E-state index in [4.69, 9.17) is 10.5 Å². The molecule has 1 aromatic heterocycles. The summed E-state index contributed by atoms with van der Waals surface area (Å²) in [6, 6.07) is 4.99. The Kier molecular flexibility index (Phi) is 3.42. The van der Waals surface area contributed by atoms with Crippen molar-refractivity contribution in [1.29, 1.82) is 0 Å². The van der Waals surface area contributed by atoms with Gasteiger partial charge in [-0.1, -0.05) is 11.2 Å². The maximum atomic E-state index is 11.9. The number of amides is 1. The van der Waals surface area contributed by atoms with Gasteiger partial charge >= 0.3 is 0 Å². The summed E-state index contributed by atoms with van der Waals surface area (Å²) in [5, 5.41) is 6.22. The average molecular weight is 248 g/mol. The van der Waals surface area contributed by atoms with Crippen molar-refractivity contribution in [2.75, 3.05) is 12.8 Å². The Balaban J connectivity index is 2.09. The molecule has 0 atom stereocenters. The topological polar surface area (TPSA) is 103 Å². The predicted octanol–water partition coefficient (Wildman–Crippen LogP) is 0.590. The number of ether oxygens (including phenoxy) is 1. The van der Waals surface area contributed by atoms with Gasteiger partial charge in [-0.15, -0.1) is 0 Å². The quantitative estimate of drug-likeness (QED) is 0.767. The summed E-state index contributed by atoms with van der Waals surface area (Å²) in [4.78, 5) is 15.7. The Morgan fingerprint density at radius 2 is 2.39 bits per heavy atom. The molecule has 1 heterocycles. The smallest absolute Gasteiger partial charge is 0.253 e. The van der Waals surface area contributed by atoms with Gasteiger partial charge in [0, 0.05) is 0 Å². The molecule has 0 aliphatic rings. The number of nitrogen functional groups attached to an aromatic ring is 1. The molecule has 1 amide bonds. The molecule has 0 aliphatic heterocycles. The summed E-state index contributed by atoms with van der Waals surface area (Å²) >= 11 is 0. The van der Waals surface area contributed by atoms with Gasteiger partial charge in [0.05, 0.1) is 24.9 Å². The molecule has 0 radical (unpaired) electrons. The number of benzene rings is 1. The second kappa shape index (κ2) is 5.17. The summed E-state index contributed by atoms with van der Waals surface area (Å²) in [5.74, 6) is 0.531. The summed E-state index contributed by atoms with van der Waals surface area (Å²) in [7, 11) is 1.49. The number of aromatic nitrogens is 2. The van der Waals surface area contributed by atoms with E-state index in [0.717, 1.165) is 0 Å². The highest BCUT2D eigenvalue weighted by Crippen LogP contribution is 2.24. The van der Waals surface area contributed by atoms with E-state index >= 15 is 0 Å². The molecule has 0 spiro atoms. The fourth-order valence-corrected chi connectivity index (χ4v) is 1.44. The number of nitrogens with one attached hydrogen (secondary N) is 1. The molecule has 7 heteroatoms. The zero-order valence-corrected chi connectivity index (χ0v) is 9.71. The summed E-state index contributed by atoms with van der Waals surface area (Å²) in [5.41, 5.74) is 6.45. The number of hydrogen-bond donors (Lipinski definition) is 2. The lowest BCUT2D eigenvalue weighted by molar-refractivity contribution is 0.0950. The molecule has 0 saturated heterocycles. The van der Waals surface area contributed by atoms with E-state index in [1.807, 2.05) is 0 Å². The van der Waals surface area contributed by atoms with Crippen molar-refractivity contribution < 1.29 is 14.1 Å². The molecule has 0 aliphatic carbocycles. The predicted molar refractivity (Wildman–Crippen MR) is 62.9 cm³/mol. The second-order valence-corrected chi connectivity index (χ2v) is 3.45. The van der Waals surface area contributed by atoms with Crippen LogP contribution in [0.4, 0.5) is 5.69 Å². The second-order valence-electron chi connectivity index (χ2n) is 3.45. The maximum Gasteiger partial charge on any atom is 0.253 e. The van der Waals surface area contributed by atoms with Crippen LogP contribution >= 0.6 is 0 Å². The largest absolute Gasteiger partial charge is 0.495 e. The Morgan fingerprint density at radius 1 is 1.56 bits per heavy atom. The van der Waals surface area contributed by atoms with Crippen molar-refractivity contribution in [2.24, 2.45) is 0 Å². The molecule has 18 heavy (non-hydrogen) atoms. The lowest BCUT2D eigenvalue weighted by Crippen LogP contribution is -2.24. The van der Waals surface area contributed by atoms with Gasteiger partial charge in [0.2, 0.25) is 6.39 Å². The maximum absolute atomic E-state index is 11.9. The Hall–Kier alpha value is -2.57. The highest BCUT2D eigenvalue weighted by atomic mass is 16.5. The SMILES string of the molecule is COc1cccc(C(=O)NCc2ncon2)c1N. The van der Waals surface area contributed by atoms with E-state index in [9.17, 15) is 4.79 Å². The number of carbonyl (C=O) groups excluding carboxylic acids is 1. The van der Waals surface area contributed by atoms with Crippen LogP contribution < -0.4 is 15.8 Å². The number of hydrogen-bond acceptors (Lipinski definition) is 6. The molecular weight excluding hydrogens is 236 g/mol. The average Bonchev–Trinajstić information content (AvgIpc) is 2.89. The fraction of sp³-hybridized carbons (Fsp3) is 0.182. The standard InChI is InChI=1S/C11H12N4O3/c1-17-8-4-2-3-7(10(8)12)11(16)13-5-9-14-6-18-15-9/h2-4,6H,5,12H2,1H3,(H,13,16). The van der Waals surface area contributed by atoms with Crippen molar-refractivity contribution in [2.45, 2.75) is 6.54 Å². The first-order valence-corrected chi connectivity index (χ1v) is 5.18. The Labute approximate surface area is 103 Å². The third-order valence-corrected chi connectivity index (χ3v) is 2.34. The van der Waals surface area contributed by atoms with Crippen molar-refractivity contribution in [3.8, 4) is 5.75 Å². The van der Waals surface area contributed by atoms with Crippen LogP contribution in [0.5, 0.6) is 5.75 Å². The number of nitrogens with zero attached hydrogens (tertiary/aromatic N) is 2. The molecule has 0 unspecified atom stereocenters. The van der Waals surface area contributed by atoms with Crippen LogP contribution in [0, 0.1) is 0 Å². The molecule has 94 valence electrons. The molecule has 7 nitrogen and oxygen atoms in total. The van der Waals surface area contributed by atoms with E-state index < -0.39 is 0 Å². The van der Waals surface area contributed by atoms with E-state index in [1.165, 1.54) is 13.5 Å². The van der Waals surface area contributed by atoms with Crippen molar-refractivity contribution in [3.05, 3.63) is 36.0 Å².